The molecule has 108 valence electrons. The molecule has 2 N–H and O–H groups in total. The molecule has 0 saturated carbocycles. The number of carbonyl (C=O) groups is 3. The summed E-state index contributed by atoms with van der Waals surface area (Å²) >= 11 is 0.422. The normalized spacial score (nSPS) is 11.8. The molecule has 0 unspecified atom stereocenters. The second-order valence-corrected chi connectivity index (χ2v) is 4.78. The van der Waals surface area contributed by atoms with E-state index in [1.165, 1.54) is 0 Å². The van der Waals surface area contributed by atoms with Crippen molar-refractivity contribution in [2.45, 2.75) is 13.0 Å². The lowest BCUT2D eigenvalue weighted by molar-refractivity contribution is -0.140. The molecule has 0 radical (unpaired) electrons. The minimum Gasteiger partial charge on any atom is -0.480 e. The first-order valence-corrected chi connectivity index (χ1v) is 6.42. The summed E-state index contributed by atoms with van der Waals surface area (Å²) in [6.45, 7) is 1.12. The monoisotopic (exact) mass is 303 g/mol. The number of carboxylic acids is 1. The number of nitrogens with one attached hydrogen (secondary N) is 1. The molecule has 0 bridgehead atoms. The van der Waals surface area contributed by atoms with Crippen LogP contribution in [0.25, 0.3) is 0 Å². The Bertz CT molecular complexity index is 530. The Kier molecular flexibility index (Phi) is 5.63. The van der Waals surface area contributed by atoms with Crippen LogP contribution in [0.4, 0.5) is 8.78 Å². The van der Waals surface area contributed by atoms with Crippen molar-refractivity contribution in [1.82, 2.24) is 5.32 Å². The van der Waals surface area contributed by atoms with Gasteiger partial charge < -0.3 is 10.4 Å². The summed E-state index contributed by atoms with van der Waals surface area (Å²) < 4.78 is 26.7. The minimum absolute atomic E-state index is 0.332. The summed E-state index contributed by atoms with van der Waals surface area (Å²) in [5, 5.41) is 10.0. The van der Waals surface area contributed by atoms with Gasteiger partial charge in [0, 0.05) is 12.7 Å². The van der Waals surface area contributed by atoms with Gasteiger partial charge >= 0.3 is 5.97 Å². The van der Waals surface area contributed by atoms with Gasteiger partial charge in [0.1, 0.15) is 23.2 Å². The van der Waals surface area contributed by atoms with Crippen molar-refractivity contribution in [3.05, 3.63) is 35.4 Å². The van der Waals surface area contributed by atoms with E-state index in [0.717, 1.165) is 25.1 Å². The molecule has 0 heterocycles. The van der Waals surface area contributed by atoms with Crippen LogP contribution in [0.15, 0.2) is 18.2 Å². The van der Waals surface area contributed by atoms with Crippen LogP contribution in [0.2, 0.25) is 0 Å². The predicted molar refractivity (Wildman–Crippen MR) is 68.4 cm³/mol. The van der Waals surface area contributed by atoms with Gasteiger partial charge in [-0.25, -0.2) is 13.6 Å². The van der Waals surface area contributed by atoms with E-state index in [1.54, 1.807) is 0 Å². The molecule has 1 aromatic carbocycles. The van der Waals surface area contributed by atoms with Gasteiger partial charge in [0.2, 0.25) is 11.0 Å². The fourth-order valence-corrected chi connectivity index (χ4v) is 2.23. The Labute approximate surface area is 117 Å². The Morgan fingerprint density at radius 1 is 1.30 bits per heavy atom. The molecule has 1 amide bonds. The molecule has 5 nitrogen and oxygen atoms in total. The standard InChI is InChI=1S/C12H11F2NO4S/c1-6(16)15-9(11(17)18)5-20-12(19)10-7(13)3-2-4-8(10)14/h2-4,9H,5H2,1H3,(H,15,16)(H,17,18)/t9-/m0/s1. The molecule has 0 aliphatic heterocycles. The Balaban J connectivity index is 2.75. The molecular weight excluding hydrogens is 292 g/mol. The van der Waals surface area contributed by atoms with E-state index < -0.39 is 40.2 Å². The Morgan fingerprint density at radius 3 is 2.30 bits per heavy atom. The first-order chi connectivity index (χ1) is 9.32. The number of aliphatic carboxylic acids is 1. The maximum Gasteiger partial charge on any atom is 0.327 e. The fourth-order valence-electron chi connectivity index (χ4n) is 1.34. The van der Waals surface area contributed by atoms with Crippen molar-refractivity contribution >= 4 is 28.8 Å². The number of hydrogen-bond acceptors (Lipinski definition) is 4. The van der Waals surface area contributed by atoms with E-state index in [-0.39, 0.29) is 5.75 Å². The van der Waals surface area contributed by atoms with Crippen LogP contribution >= 0.6 is 11.8 Å². The van der Waals surface area contributed by atoms with E-state index in [4.69, 9.17) is 5.11 Å². The lowest BCUT2D eigenvalue weighted by Crippen LogP contribution is -2.41. The van der Waals surface area contributed by atoms with Crippen LogP contribution in [-0.2, 0) is 9.59 Å². The molecule has 0 aliphatic rings. The molecule has 1 aromatic rings. The predicted octanol–water partition coefficient (Wildman–Crippen LogP) is 1.43. The van der Waals surface area contributed by atoms with Crippen LogP contribution in [0, 0.1) is 11.6 Å². The molecule has 20 heavy (non-hydrogen) atoms. The van der Waals surface area contributed by atoms with Crippen LogP contribution in [0.3, 0.4) is 0 Å². The summed E-state index contributed by atoms with van der Waals surface area (Å²) in [6, 6.07) is 1.67. The first kappa shape index (κ1) is 16.1. The van der Waals surface area contributed by atoms with Crippen molar-refractivity contribution in [3.8, 4) is 0 Å². The summed E-state index contributed by atoms with van der Waals surface area (Å²) in [5.41, 5.74) is -0.732. The molecule has 0 fully saturated rings. The number of hydrogen-bond donors (Lipinski definition) is 2. The van der Waals surface area contributed by atoms with Crippen molar-refractivity contribution in [2.75, 3.05) is 5.75 Å². The maximum atomic E-state index is 13.3. The Hall–Kier alpha value is -1.96. The number of thioether (sulfide) groups is 1. The molecule has 0 aromatic heterocycles. The number of halogens is 2. The van der Waals surface area contributed by atoms with Crippen molar-refractivity contribution in [3.63, 3.8) is 0 Å². The third kappa shape index (κ3) is 4.30. The van der Waals surface area contributed by atoms with Crippen molar-refractivity contribution < 1.29 is 28.3 Å². The van der Waals surface area contributed by atoms with Crippen LogP contribution in [0.1, 0.15) is 17.3 Å². The van der Waals surface area contributed by atoms with Crippen LogP contribution in [-0.4, -0.2) is 33.9 Å². The maximum absolute atomic E-state index is 13.3. The molecular formula is C12H11F2NO4S. The van der Waals surface area contributed by atoms with Gasteiger partial charge in [-0.15, -0.1) is 0 Å². The van der Waals surface area contributed by atoms with Crippen LogP contribution in [0.5, 0.6) is 0 Å². The summed E-state index contributed by atoms with van der Waals surface area (Å²) in [6.07, 6.45) is 0. The summed E-state index contributed by atoms with van der Waals surface area (Å²) in [5.74, 6) is -4.29. The van der Waals surface area contributed by atoms with Gasteiger partial charge in [-0.1, -0.05) is 17.8 Å². The van der Waals surface area contributed by atoms with Crippen LogP contribution < -0.4 is 5.32 Å². The number of carboxylic acid groups (broad SMARTS) is 1. The SMILES string of the molecule is CC(=O)N[C@@H](CSC(=O)c1c(F)cccc1F)C(=O)O. The van der Waals surface area contributed by atoms with Crippen molar-refractivity contribution in [2.24, 2.45) is 0 Å². The van der Waals surface area contributed by atoms with Gasteiger partial charge in [-0.05, 0) is 12.1 Å². The molecule has 1 atom stereocenters. The van der Waals surface area contributed by atoms with E-state index >= 15 is 0 Å². The Morgan fingerprint density at radius 2 is 1.85 bits per heavy atom. The highest BCUT2D eigenvalue weighted by Crippen LogP contribution is 2.19. The average molecular weight is 303 g/mol. The summed E-state index contributed by atoms with van der Waals surface area (Å²) in [7, 11) is 0. The van der Waals surface area contributed by atoms with E-state index in [0.29, 0.717) is 11.8 Å². The zero-order valence-corrected chi connectivity index (χ0v) is 11.2. The van der Waals surface area contributed by atoms with E-state index in [1.807, 2.05) is 0 Å². The summed E-state index contributed by atoms with van der Waals surface area (Å²) in [4.78, 5) is 33.3. The zero-order chi connectivity index (χ0) is 15.3. The highest BCUT2D eigenvalue weighted by Gasteiger charge is 2.23. The van der Waals surface area contributed by atoms with Gasteiger partial charge in [0.15, 0.2) is 0 Å². The highest BCUT2D eigenvalue weighted by molar-refractivity contribution is 8.14. The van der Waals surface area contributed by atoms with E-state index in [9.17, 15) is 23.2 Å². The first-order valence-electron chi connectivity index (χ1n) is 5.44. The van der Waals surface area contributed by atoms with Gasteiger partial charge in [0.05, 0.1) is 0 Å². The second kappa shape index (κ2) is 6.99. The molecule has 1 rings (SSSR count). The number of benzene rings is 1. The fraction of sp³-hybridized carbons (Fsp3) is 0.250. The number of amides is 1. The molecule has 8 heteroatoms. The minimum atomic E-state index is -1.34. The van der Waals surface area contributed by atoms with E-state index in [2.05, 4.69) is 5.32 Å². The third-order valence-electron chi connectivity index (χ3n) is 2.22. The molecule has 0 spiro atoms. The van der Waals surface area contributed by atoms with Gasteiger partial charge in [-0.3, -0.25) is 9.59 Å². The third-order valence-corrected chi connectivity index (χ3v) is 3.19. The largest absolute Gasteiger partial charge is 0.480 e. The lowest BCUT2D eigenvalue weighted by atomic mass is 10.2. The number of carbonyl (C=O) groups excluding carboxylic acids is 2. The number of rotatable bonds is 5. The van der Waals surface area contributed by atoms with Gasteiger partial charge in [-0.2, -0.15) is 0 Å². The molecule has 0 aliphatic carbocycles. The smallest absolute Gasteiger partial charge is 0.327 e. The lowest BCUT2D eigenvalue weighted by Gasteiger charge is -2.12. The topological polar surface area (TPSA) is 83.5 Å². The highest BCUT2D eigenvalue weighted by atomic mass is 32.2. The van der Waals surface area contributed by atoms with Crippen molar-refractivity contribution in [1.29, 1.82) is 0 Å². The molecule has 0 saturated heterocycles. The zero-order valence-electron chi connectivity index (χ0n) is 10.4. The second-order valence-electron chi connectivity index (χ2n) is 3.79. The van der Waals surface area contributed by atoms with Gasteiger partial charge in [0.25, 0.3) is 0 Å². The average Bonchev–Trinajstić information content (AvgIpc) is 2.33. The quantitative estimate of drug-likeness (QED) is 0.859.